The summed E-state index contributed by atoms with van der Waals surface area (Å²) in [5.41, 5.74) is 1.66. The van der Waals surface area contributed by atoms with Gasteiger partial charge in [-0.1, -0.05) is 0 Å². The zero-order valence-corrected chi connectivity index (χ0v) is 9.42. The summed E-state index contributed by atoms with van der Waals surface area (Å²) in [5, 5.41) is 0. The molecule has 3 aliphatic rings. The van der Waals surface area contributed by atoms with Crippen molar-refractivity contribution in [1.82, 2.24) is 0 Å². The van der Waals surface area contributed by atoms with Crippen LogP contribution in [0.15, 0.2) is 21.8 Å². The predicted molar refractivity (Wildman–Crippen MR) is 45.7 cm³/mol. The molecule has 1 heteroatoms. The van der Waals surface area contributed by atoms with Crippen LogP contribution in [0.4, 0.5) is 0 Å². The van der Waals surface area contributed by atoms with E-state index in [1.54, 1.807) is 25.3 Å². The van der Waals surface area contributed by atoms with Crippen LogP contribution >= 0.6 is 0 Å². The second kappa shape index (κ2) is 1.58. The topological polar surface area (TPSA) is 0 Å². The molecule has 0 aromatic heterocycles. The quantitative estimate of drug-likeness (QED) is 0.690. The Labute approximate surface area is 69.2 Å². The summed E-state index contributed by atoms with van der Waals surface area (Å²) in [6, 6.07) is 0. The Morgan fingerprint density at radius 3 is 2.18 bits per heavy atom. The van der Waals surface area contributed by atoms with Crippen molar-refractivity contribution in [2.75, 3.05) is 0 Å². The first kappa shape index (κ1) is 6.62. The Morgan fingerprint density at radius 1 is 1.18 bits per heavy atom. The van der Waals surface area contributed by atoms with Gasteiger partial charge in [0.15, 0.2) is 0 Å². The van der Waals surface area contributed by atoms with E-state index in [2.05, 4.69) is 19.1 Å². The van der Waals surface area contributed by atoms with E-state index in [1.807, 2.05) is 4.09 Å². The molecule has 0 amide bonds. The van der Waals surface area contributed by atoms with Gasteiger partial charge < -0.3 is 0 Å². The van der Waals surface area contributed by atoms with Crippen molar-refractivity contribution in [3.8, 4) is 0 Å². The summed E-state index contributed by atoms with van der Waals surface area (Å²) in [6.07, 6.45) is 6.09. The minimum absolute atomic E-state index is 1.35. The molecular formula is C10H15Ir. The van der Waals surface area contributed by atoms with Gasteiger partial charge in [0.05, 0.1) is 0 Å². The molecule has 1 aliphatic carbocycles. The van der Waals surface area contributed by atoms with E-state index in [0.29, 0.717) is 0 Å². The Morgan fingerprint density at radius 2 is 1.82 bits per heavy atom. The van der Waals surface area contributed by atoms with Crippen molar-refractivity contribution in [2.24, 2.45) is 0 Å². The van der Waals surface area contributed by atoms with E-state index in [1.165, 1.54) is 6.42 Å². The van der Waals surface area contributed by atoms with Crippen LogP contribution in [0.1, 0.15) is 13.3 Å². The third-order valence-corrected chi connectivity index (χ3v) is 20.3. The predicted octanol–water partition coefficient (Wildman–Crippen LogP) is 3.61. The molecule has 0 bridgehead atoms. The summed E-state index contributed by atoms with van der Waals surface area (Å²) < 4.78 is 1.99. The van der Waals surface area contributed by atoms with Gasteiger partial charge in [0, 0.05) is 0 Å². The van der Waals surface area contributed by atoms with E-state index in [4.69, 9.17) is 0 Å². The molecule has 0 radical (unpaired) electrons. The Balaban J connectivity index is 2.08. The van der Waals surface area contributed by atoms with Crippen molar-refractivity contribution in [3.05, 3.63) is 21.8 Å². The van der Waals surface area contributed by atoms with Crippen molar-refractivity contribution < 1.29 is 14.1 Å². The zero-order valence-electron chi connectivity index (χ0n) is 7.02. The van der Waals surface area contributed by atoms with Gasteiger partial charge in [-0.25, -0.2) is 0 Å². The van der Waals surface area contributed by atoms with Crippen molar-refractivity contribution in [3.63, 3.8) is 0 Å². The Kier molecular flexibility index (Phi) is 0.950. The molecule has 0 unspecified atom stereocenters. The average molecular weight is 327 g/mol. The standard InChI is InChI=1S/C6H7.2C2H4.Ir/c1-6-4-2-3-5-6;2*1-2;/h2,4H,3H2,1H3;2*1-2H2;. The molecular weight excluding hydrogens is 312 g/mol. The molecule has 11 heavy (non-hydrogen) atoms. The van der Waals surface area contributed by atoms with Crippen molar-refractivity contribution in [2.45, 2.75) is 33.1 Å². The first-order chi connectivity index (χ1) is 5.25. The van der Waals surface area contributed by atoms with Gasteiger partial charge >= 0.3 is 69.0 Å². The van der Waals surface area contributed by atoms with Crippen molar-refractivity contribution >= 4 is 0 Å². The summed E-state index contributed by atoms with van der Waals surface area (Å²) in [7, 11) is 0. The average Bonchev–Trinajstić information content (AvgIpc) is 2.88. The van der Waals surface area contributed by atoms with Gasteiger partial charge in [-0.3, -0.25) is 0 Å². The van der Waals surface area contributed by atoms with Gasteiger partial charge in [0.1, 0.15) is 0 Å². The summed E-state index contributed by atoms with van der Waals surface area (Å²) in [5.74, 6) is 0. The van der Waals surface area contributed by atoms with Crippen LogP contribution in [0.5, 0.6) is 0 Å². The Bertz CT molecular complexity index is 268. The fraction of sp³-hybridized carbons (Fsp3) is 0.600. The van der Waals surface area contributed by atoms with Crippen LogP contribution in [0.2, 0.25) is 19.7 Å². The first-order valence-electron chi connectivity index (χ1n) is 4.24. The molecule has 64 valence electrons. The van der Waals surface area contributed by atoms with Gasteiger partial charge in [0.25, 0.3) is 0 Å². The van der Waals surface area contributed by atoms with Crippen LogP contribution in [0.3, 0.4) is 0 Å². The fourth-order valence-corrected chi connectivity index (χ4v) is 26.0. The number of rotatable bonds is 1. The third-order valence-electron chi connectivity index (χ3n) is 3.24. The molecule has 2 aliphatic heterocycles. The van der Waals surface area contributed by atoms with E-state index >= 15 is 0 Å². The van der Waals surface area contributed by atoms with Gasteiger partial charge in [0.2, 0.25) is 0 Å². The SMILES string of the molecule is CC1=[C]([Ir]23([CH2][CH2]2)[CH2][CH2]3)CC=C1. The second-order valence-electron chi connectivity index (χ2n) is 3.81. The van der Waals surface area contributed by atoms with Crippen LogP contribution in [0, 0.1) is 0 Å². The van der Waals surface area contributed by atoms with E-state index in [-0.39, 0.29) is 0 Å². The molecule has 0 aromatic rings. The molecule has 0 nitrogen and oxygen atoms in total. The second-order valence-corrected chi connectivity index (χ2v) is 20.6. The molecule has 2 heterocycles. The minimum atomic E-state index is -1.58. The molecule has 0 aromatic carbocycles. The van der Waals surface area contributed by atoms with E-state index < -0.39 is 14.1 Å². The maximum absolute atomic E-state index is 2.38. The summed E-state index contributed by atoms with van der Waals surface area (Å²) in [6.45, 7) is 2.33. The number of allylic oxidation sites excluding steroid dienone is 4. The van der Waals surface area contributed by atoms with Crippen LogP contribution in [-0.2, 0) is 14.1 Å². The van der Waals surface area contributed by atoms with Crippen LogP contribution in [-0.4, -0.2) is 0 Å². The number of hydrogen-bond acceptors (Lipinski definition) is 0. The summed E-state index contributed by atoms with van der Waals surface area (Å²) >= 11 is -1.58. The molecule has 0 N–H and O–H groups in total. The molecule has 2 fully saturated rings. The molecule has 0 atom stereocenters. The Hall–Kier alpha value is 0.129. The number of hydrogen-bond donors (Lipinski definition) is 0. The first-order valence-corrected chi connectivity index (χ1v) is 12.2. The van der Waals surface area contributed by atoms with Crippen LogP contribution in [0.25, 0.3) is 0 Å². The van der Waals surface area contributed by atoms with Crippen molar-refractivity contribution in [1.29, 1.82) is 0 Å². The van der Waals surface area contributed by atoms with Gasteiger partial charge in [-0.05, 0) is 0 Å². The van der Waals surface area contributed by atoms with Crippen LogP contribution < -0.4 is 0 Å². The zero-order chi connectivity index (χ0) is 7.55. The normalized spacial score (nSPS) is 38.8. The third kappa shape index (κ3) is 0.648. The molecule has 3 rings (SSSR count). The monoisotopic (exact) mass is 328 g/mol. The summed E-state index contributed by atoms with van der Waals surface area (Å²) in [4.78, 5) is 6.74. The van der Waals surface area contributed by atoms with E-state index in [0.717, 1.165) is 0 Å². The fourth-order valence-electron chi connectivity index (χ4n) is 2.09. The van der Waals surface area contributed by atoms with E-state index in [9.17, 15) is 0 Å². The van der Waals surface area contributed by atoms with Gasteiger partial charge in [-0.2, -0.15) is 0 Å². The van der Waals surface area contributed by atoms with Gasteiger partial charge in [-0.15, -0.1) is 0 Å². The maximum atomic E-state index is 2.38. The molecule has 1 spiro atoms. The molecule has 0 saturated carbocycles. The molecule has 2 saturated heterocycles.